The zero-order chi connectivity index (χ0) is 33.0. The second-order valence-corrected chi connectivity index (χ2v) is 11.1. The number of imide groups is 1. The highest BCUT2D eigenvalue weighted by atomic mass is 19.4. The minimum absolute atomic E-state index is 0.00330. The van der Waals surface area contributed by atoms with Gasteiger partial charge in [-0.1, -0.05) is 12.1 Å². The van der Waals surface area contributed by atoms with Crippen LogP contribution in [0, 0.1) is 0 Å². The number of nitrogens with zero attached hydrogens (tertiary/aromatic N) is 4. The zero-order valence-corrected chi connectivity index (χ0v) is 24.3. The minimum Gasteiger partial charge on any atom is -0.478 e. The van der Waals surface area contributed by atoms with E-state index in [-0.39, 0.29) is 34.2 Å². The van der Waals surface area contributed by atoms with Crippen molar-refractivity contribution < 1.29 is 41.9 Å². The van der Waals surface area contributed by atoms with E-state index < -0.39 is 29.5 Å². The van der Waals surface area contributed by atoms with E-state index in [4.69, 9.17) is 4.42 Å². The van der Waals surface area contributed by atoms with Crippen LogP contribution in [0.25, 0.3) is 22.6 Å². The fraction of sp³-hybridized carbons (Fsp3) is 0.147. The summed E-state index contributed by atoms with van der Waals surface area (Å²) in [6.07, 6.45) is -4.44. The van der Waals surface area contributed by atoms with Gasteiger partial charge in [0, 0.05) is 43.0 Å². The first-order valence-electron chi connectivity index (χ1n) is 14.5. The lowest BCUT2D eigenvalue weighted by molar-refractivity contribution is -0.137. The summed E-state index contributed by atoms with van der Waals surface area (Å²) in [6, 6.07) is 20.2. The number of carboxylic acid groups (broad SMARTS) is 1. The van der Waals surface area contributed by atoms with Crippen LogP contribution in [-0.4, -0.2) is 64.9 Å². The number of aromatic nitrogens is 1. The molecular formula is C34H23F3N4O6. The number of alkyl halides is 3. The Morgan fingerprint density at radius 1 is 0.766 bits per heavy atom. The average Bonchev–Trinajstić information content (AvgIpc) is 3.61. The number of hydrogen-bond donors (Lipinski definition) is 1. The maximum Gasteiger partial charge on any atom is 0.416 e. The molecule has 0 spiro atoms. The van der Waals surface area contributed by atoms with Gasteiger partial charge in [-0.15, -0.1) is 0 Å². The second-order valence-electron chi connectivity index (χ2n) is 11.1. The van der Waals surface area contributed by atoms with Gasteiger partial charge in [-0.05, 0) is 72.8 Å². The number of fused-ring (bicyclic) bond motifs is 2. The molecule has 1 aromatic heterocycles. The first-order chi connectivity index (χ1) is 22.5. The number of anilines is 2. The standard InChI is InChI=1S/C34H23F3N4O6/c35-34(36,37)22-4-2-5-23(18-22)39-11-13-40(14-12-39)30(42)20-8-10-27-28(17-20)47-29(38-27)19-3-1-6-24(15-19)41-31(43)25-9-7-21(33(45)46)16-26(25)32(41)44/h1-10,15-18H,11-14H2,(H,45,46). The van der Waals surface area contributed by atoms with Crippen molar-refractivity contribution in [3.63, 3.8) is 0 Å². The van der Waals surface area contributed by atoms with Crippen LogP contribution in [0.15, 0.2) is 89.3 Å². The van der Waals surface area contributed by atoms with E-state index in [0.717, 1.165) is 17.0 Å². The monoisotopic (exact) mass is 640 g/mol. The number of carbonyl (C=O) groups is 4. The van der Waals surface area contributed by atoms with Crippen LogP contribution in [0.1, 0.15) is 47.0 Å². The number of amides is 3. The van der Waals surface area contributed by atoms with Crippen molar-refractivity contribution in [3.05, 3.63) is 113 Å². The summed E-state index contributed by atoms with van der Waals surface area (Å²) in [5.41, 5.74) is 1.57. The van der Waals surface area contributed by atoms with Crippen LogP contribution in [-0.2, 0) is 6.18 Å². The molecule has 47 heavy (non-hydrogen) atoms. The molecule has 5 aromatic rings. The van der Waals surface area contributed by atoms with Crippen LogP contribution in [0.3, 0.4) is 0 Å². The minimum atomic E-state index is -4.44. The summed E-state index contributed by atoms with van der Waals surface area (Å²) < 4.78 is 45.5. The Kier molecular flexibility index (Phi) is 7.03. The molecule has 236 valence electrons. The maximum atomic E-state index is 13.3. The highest BCUT2D eigenvalue weighted by Gasteiger charge is 2.37. The Hall–Kier alpha value is -5.98. The molecule has 1 saturated heterocycles. The summed E-state index contributed by atoms with van der Waals surface area (Å²) in [6.45, 7) is 1.37. The van der Waals surface area contributed by atoms with Crippen molar-refractivity contribution in [3.8, 4) is 11.5 Å². The van der Waals surface area contributed by atoms with Gasteiger partial charge in [-0.2, -0.15) is 13.2 Å². The van der Waals surface area contributed by atoms with Gasteiger partial charge in [0.25, 0.3) is 17.7 Å². The molecule has 13 heteroatoms. The van der Waals surface area contributed by atoms with Crippen molar-refractivity contribution in [1.29, 1.82) is 0 Å². The normalized spacial score (nSPS) is 15.0. The molecule has 0 unspecified atom stereocenters. The average molecular weight is 641 g/mol. The molecule has 0 bridgehead atoms. The largest absolute Gasteiger partial charge is 0.478 e. The number of rotatable bonds is 5. The van der Waals surface area contributed by atoms with E-state index in [1.165, 1.54) is 24.3 Å². The molecular weight excluding hydrogens is 617 g/mol. The number of aromatic carboxylic acids is 1. The number of carboxylic acids is 1. The van der Waals surface area contributed by atoms with E-state index in [1.54, 1.807) is 53.4 Å². The van der Waals surface area contributed by atoms with Gasteiger partial charge in [0.1, 0.15) is 5.52 Å². The quantitative estimate of drug-likeness (QED) is 0.233. The molecule has 7 rings (SSSR count). The van der Waals surface area contributed by atoms with Gasteiger partial charge >= 0.3 is 12.1 Å². The van der Waals surface area contributed by atoms with Crippen molar-refractivity contribution in [2.45, 2.75) is 6.18 Å². The van der Waals surface area contributed by atoms with E-state index in [2.05, 4.69) is 4.98 Å². The highest BCUT2D eigenvalue weighted by Crippen LogP contribution is 2.34. The number of hydrogen-bond acceptors (Lipinski definition) is 7. The Labute approximate surface area is 264 Å². The topological polar surface area (TPSA) is 124 Å². The predicted octanol–water partition coefficient (Wildman–Crippen LogP) is 5.97. The van der Waals surface area contributed by atoms with Crippen molar-refractivity contribution in [2.75, 3.05) is 36.0 Å². The molecule has 0 radical (unpaired) electrons. The van der Waals surface area contributed by atoms with E-state index in [1.807, 2.05) is 4.90 Å². The lowest BCUT2D eigenvalue weighted by Crippen LogP contribution is -2.48. The van der Waals surface area contributed by atoms with Crippen LogP contribution < -0.4 is 9.80 Å². The molecule has 3 amide bonds. The van der Waals surface area contributed by atoms with E-state index >= 15 is 0 Å². The number of oxazole rings is 1. The number of piperazine rings is 1. The molecule has 10 nitrogen and oxygen atoms in total. The number of benzene rings is 4. The molecule has 0 aliphatic carbocycles. The van der Waals surface area contributed by atoms with Crippen LogP contribution in [0.5, 0.6) is 0 Å². The highest BCUT2D eigenvalue weighted by molar-refractivity contribution is 6.34. The summed E-state index contributed by atoms with van der Waals surface area (Å²) in [5.74, 6) is -2.53. The van der Waals surface area contributed by atoms with Gasteiger partial charge in [0.15, 0.2) is 5.58 Å². The Balaban J connectivity index is 1.07. The van der Waals surface area contributed by atoms with Gasteiger partial charge in [-0.25, -0.2) is 14.7 Å². The SMILES string of the molecule is O=C(O)c1ccc2c(c1)C(=O)N(c1cccc(-c3nc4ccc(C(=O)N5CCN(c6cccc(C(F)(F)F)c6)CC5)cc4o3)c1)C2=O. The third kappa shape index (κ3) is 5.35. The van der Waals surface area contributed by atoms with Crippen LogP contribution >= 0.6 is 0 Å². The fourth-order valence-electron chi connectivity index (χ4n) is 5.80. The van der Waals surface area contributed by atoms with Crippen LogP contribution in [0.2, 0.25) is 0 Å². The lowest BCUT2D eigenvalue weighted by atomic mass is 10.1. The van der Waals surface area contributed by atoms with Gasteiger partial charge in [-0.3, -0.25) is 14.4 Å². The smallest absolute Gasteiger partial charge is 0.416 e. The second kappa shape index (κ2) is 11.1. The van der Waals surface area contributed by atoms with Crippen LogP contribution in [0.4, 0.5) is 24.5 Å². The van der Waals surface area contributed by atoms with Gasteiger partial charge in [0.05, 0.1) is 27.9 Å². The molecule has 3 heterocycles. The molecule has 1 N–H and O–H groups in total. The number of halogens is 3. The maximum absolute atomic E-state index is 13.3. The number of carbonyl (C=O) groups excluding carboxylic acids is 3. The lowest BCUT2D eigenvalue weighted by Gasteiger charge is -2.36. The van der Waals surface area contributed by atoms with E-state index in [0.29, 0.717) is 54.1 Å². The van der Waals surface area contributed by atoms with Gasteiger partial charge in [0.2, 0.25) is 5.89 Å². The summed E-state index contributed by atoms with van der Waals surface area (Å²) in [4.78, 5) is 59.9. The van der Waals surface area contributed by atoms with Crippen molar-refractivity contribution in [2.24, 2.45) is 0 Å². The molecule has 4 aromatic carbocycles. The first-order valence-corrected chi connectivity index (χ1v) is 14.5. The zero-order valence-electron chi connectivity index (χ0n) is 24.3. The predicted molar refractivity (Wildman–Crippen MR) is 164 cm³/mol. The van der Waals surface area contributed by atoms with Crippen molar-refractivity contribution >= 4 is 46.2 Å². The summed E-state index contributed by atoms with van der Waals surface area (Å²) in [7, 11) is 0. The van der Waals surface area contributed by atoms with E-state index in [9.17, 15) is 37.5 Å². The summed E-state index contributed by atoms with van der Waals surface area (Å²) >= 11 is 0. The Bertz CT molecular complexity index is 2120. The Morgan fingerprint density at radius 2 is 1.47 bits per heavy atom. The first kappa shape index (κ1) is 29.7. The molecule has 2 aliphatic heterocycles. The third-order valence-electron chi connectivity index (χ3n) is 8.23. The fourth-order valence-corrected chi connectivity index (χ4v) is 5.80. The molecule has 0 saturated carbocycles. The third-order valence-corrected chi connectivity index (χ3v) is 8.23. The van der Waals surface area contributed by atoms with Gasteiger partial charge < -0.3 is 19.3 Å². The Morgan fingerprint density at radius 3 is 2.21 bits per heavy atom. The summed E-state index contributed by atoms with van der Waals surface area (Å²) in [5, 5.41) is 9.29. The molecule has 1 fully saturated rings. The molecule has 0 atom stereocenters. The molecule has 2 aliphatic rings. The van der Waals surface area contributed by atoms with Crippen molar-refractivity contribution in [1.82, 2.24) is 9.88 Å².